The van der Waals surface area contributed by atoms with Crippen LogP contribution in [0.2, 0.25) is 0 Å². The summed E-state index contributed by atoms with van der Waals surface area (Å²) < 4.78 is 5.47. The summed E-state index contributed by atoms with van der Waals surface area (Å²) in [5.41, 5.74) is 5.68. The second kappa shape index (κ2) is 9.96. The second-order valence-electron chi connectivity index (χ2n) is 5.40. The lowest BCUT2D eigenvalue weighted by molar-refractivity contribution is 0.419. The van der Waals surface area contributed by atoms with Gasteiger partial charge in [-0.2, -0.15) is 0 Å². The molecule has 110 valence electrons. The van der Waals surface area contributed by atoms with Crippen molar-refractivity contribution in [1.29, 1.82) is 0 Å². The molecule has 0 aliphatic heterocycles. The molecule has 1 heterocycles. The maximum atomic E-state index is 5.68. The fourth-order valence-electron chi connectivity index (χ4n) is 2.14. The Labute approximate surface area is 117 Å². The number of rotatable bonds is 11. The van der Waals surface area contributed by atoms with E-state index in [1.54, 1.807) is 0 Å². The number of unbranched alkanes of at least 4 members (excludes halogenated alkanes) is 8. The van der Waals surface area contributed by atoms with Gasteiger partial charge >= 0.3 is 0 Å². The van der Waals surface area contributed by atoms with Gasteiger partial charge in [0.1, 0.15) is 0 Å². The Kier molecular flexibility index (Phi) is 8.47. The van der Waals surface area contributed by atoms with Crippen LogP contribution in [-0.4, -0.2) is 10.2 Å². The van der Waals surface area contributed by atoms with Crippen molar-refractivity contribution in [1.82, 2.24) is 10.2 Å². The summed E-state index contributed by atoms with van der Waals surface area (Å²) in [6.45, 7) is 4.12. The van der Waals surface area contributed by atoms with Gasteiger partial charge in [0.15, 0.2) is 0 Å². The third-order valence-electron chi connectivity index (χ3n) is 3.37. The first kappa shape index (κ1) is 16.2. The average molecular weight is 267 g/mol. The highest BCUT2D eigenvalue weighted by Crippen LogP contribution is 2.13. The van der Waals surface area contributed by atoms with Crippen LogP contribution in [0.15, 0.2) is 4.42 Å². The largest absolute Gasteiger partial charge is 0.424 e. The van der Waals surface area contributed by atoms with Crippen LogP contribution in [-0.2, 0) is 6.42 Å². The van der Waals surface area contributed by atoms with Crippen LogP contribution >= 0.6 is 0 Å². The Bertz CT molecular complexity index is 323. The zero-order chi connectivity index (χ0) is 13.9. The Morgan fingerprint density at radius 1 is 0.947 bits per heavy atom. The Morgan fingerprint density at radius 2 is 1.53 bits per heavy atom. The van der Waals surface area contributed by atoms with E-state index in [2.05, 4.69) is 17.1 Å². The van der Waals surface area contributed by atoms with Gasteiger partial charge in [-0.25, -0.2) is 0 Å². The smallest absolute Gasteiger partial charge is 0.232 e. The predicted molar refractivity (Wildman–Crippen MR) is 77.8 cm³/mol. The van der Waals surface area contributed by atoms with Crippen LogP contribution in [0.3, 0.4) is 0 Å². The molecular weight excluding hydrogens is 238 g/mol. The quantitative estimate of drug-likeness (QED) is 0.611. The van der Waals surface area contributed by atoms with Gasteiger partial charge in [-0.15, -0.1) is 10.2 Å². The highest BCUT2D eigenvalue weighted by molar-refractivity contribution is 4.86. The Hall–Kier alpha value is -0.900. The van der Waals surface area contributed by atoms with Crippen LogP contribution in [0.25, 0.3) is 0 Å². The fourth-order valence-corrected chi connectivity index (χ4v) is 2.14. The van der Waals surface area contributed by atoms with Gasteiger partial charge in [0.25, 0.3) is 0 Å². The van der Waals surface area contributed by atoms with Crippen LogP contribution in [0.5, 0.6) is 0 Å². The normalized spacial score (nSPS) is 12.8. The molecule has 0 amide bonds. The monoisotopic (exact) mass is 267 g/mol. The molecule has 4 heteroatoms. The molecule has 0 aliphatic carbocycles. The van der Waals surface area contributed by atoms with Crippen molar-refractivity contribution in [3.63, 3.8) is 0 Å². The molecule has 19 heavy (non-hydrogen) atoms. The van der Waals surface area contributed by atoms with E-state index >= 15 is 0 Å². The zero-order valence-electron chi connectivity index (χ0n) is 12.5. The van der Waals surface area contributed by atoms with Gasteiger partial charge in [-0.3, -0.25) is 0 Å². The van der Waals surface area contributed by atoms with E-state index in [1.165, 1.54) is 51.4 Å². The molecule has 0 fully saturated rings. The minimum absolute atomic E-state index is 0.163. The fraction of sp³-hybridized carbons (Fsp3) is 0.867. The van der Waals surface area contributed by atoms with Gasteiger partial charge in [0.2, 0.25) is 11.8 Å². The second-order valence-corrected chi connectivity index (χ2v) is 5.40. The number of aryl methyl sites for hydroxylation is 1. The summed E-state index contributed by atoms with van der Waals surface area (Å²) in [6, 6.07) is -0.163. The topological polar surface area (TPSA) is 64.9 Å². The first-order chi connectivity index (χ1) is 9.24. The van der Waals surface area contributed by atoms with E-state index in [-0.39, 0.29) is 6.04 Å². The summed E-state index contributed by atoms with van der Waals surface area (Å²) in [5, 5.41) is 7.94. The molecule has 1 aromatic rings. The molecule has 0 spiro atoms. The number of aromatic nitrogens is 2. The minimum Gasteiger partial charge on any atom is -0.424 e. The number of hydrogen-bond acceptors (Lipinski definition) is 4. The maximum Gasteiger partial charge on any atom is 0.232 e. The van der Waals surface area contributed by atoms with Crippen molar-refractivity contribution < 1.29 is 4.42 Å². The maximum absolute atomic E-state index is 5.68. The third kappa shape index (κ3) is 7.31. The first-order valence-electron chi connectivity index (χ1n) is 7.82. The minimum atomic E-state index is -0.163. The van der Waals surface area contributed by atoms with Gasteiger partial charge < -0.3 is 10.2 Å². The van der Waals surface area contributed by atoms with Crippen LogP contribution in [0.1, 0.15) is 89.5 Å². The predicted octanol–water partition coefficient (Wildman–Crippen LogP) is 4.16. The van der Waals surface area contributed by atoms with Crippen molar-refractivity contribution in [2.24, 2.45) is 5.73 Å². The van der Waals surface area contributed by atoms with Crippen molar-refractivity contribution in [2.45, 2.75) is 84.1 Å². The molecule has 0 radical (unpaired) electrons. The summed E-state index contributed by atoms with van der Waals surface area (Å²) in [6.07, 6.45) is 12.9. The van der Waals surface area contributed by atoms with Crippen LogP contribution < -0.4 is 5.73 Å². The van der Waals surface area contributed by atoms with E-state index < -0.39 is 0 Å². The SMILES string of the molecule is CCCCCCCCCCCc1nnc(C(C)N)o1. The Morgan fingerprint density at radius 3 is 2.05 bits per heavy atom. The van der Waals surface area contributed by atoms with E-state index in [9.17, 15) is 0 Å². The number of nitrogens with zero attached hydrogens (tertiary/aromatic N) is 2. The number of nitrogens with two attached hydrogens (primary N) is 1. The summed E-state index contributed by atoms with van der Waals surface area (Å²) in [5.74, 6) is 1.28. The molecule has 1 rings (SSSR count). The van der Waals surface area contributed by atoms with Gasteiger partial charge in [-0.05, 0) is 13.3 Å². The van der Waals surface area contributed by atoms with Crippen molar-refractivity contribution in [2.75, 3.05) is 0 Å². The molecule has 0 saturated carbocycles. The molecule has 0 saturated heterocycles. The highest BCUT2D eigenvalue weighted by Gasteiger charge is 2.08. The Balaban J connectivity index is 1.95. The summed E-state index contributed by atoms with van der Waals surface area (Å²) >= 11 is 0. The number of hydrogen-bond donors (Lipinski definition) is 1. The van der Waals surface area contributed by atoms with E-state index in [0.717, 1.165) is 18.7 Å². The summed E-state index contributed by atoms with van der Waals surface area (Å²) in [4.78, 5) is 0. The van der Waals surface area contributed by atoms with Crippen molar-refractivity contribution in [3.05, 3.63) is 11.8 Å². The van der Waals surface area contributed by atoms with E-state index in [0.29, 0.717) is 5.89 Å². The molecule has 0 aliphatic rings. The van der Waals surface area contributed by atoms with Gasteiger partial charge in [0, 0.05) is 6.42 Å². The average Bonchev–Trinajstić information content (AvgIpc) is 2.86. The van der Waals surface area contributed by atoms with Crippen molar-refractivity contribution >= 4 is 0 Å². The van der Waals surface area contributed by atoms with Crippen molar-refractivity contribution in [3.8, 4) is 0 Å². The van der Waals surface area contributed by atoms with Crippen LogP contribution in [0, 0.1) is 0 Å². The lowest BCUT2D eigenvalue weighted by Gasteiger charge is -2.00. The molecular formula is C15H29N3O. The zero-order valence-corrected chi connectivity index (χ0v) is 12.5. The molecule has 0 aromatic carbocycles. The molecule has 1 atom stereocenters. The molecule has 2 N–H and O–H groups in total. The summed E-state index contributed by atoms with van der Waals surface area (Å²) in [7, 11) is 0. The van der Waals surface area contributed by atoms with Crippen LogP contribution in [0.4, 0.5) is 0 Å². The molecule has 1 unspecified atom stereocenters. The lowest BCUT2D eigenvalue weighted by Crippen LogP contribution is -2.04. The molecule has 4 nitrogen and oxygen atoms in total. The van der Waals surface area contributed by atoms with Gasteiger partial charge in [-0.1, -0.05) is 58.3 Å². The van der Waals surface area contributed by atoms with E-state index in [1.807, 2.05) is 6.92 Å². The standard InChI is InChI=1S/C15H29N3O/c1-3-4-5-6-7-8-9-10-11-12-14-17-18-15(19-14)13(2)16/h13H,3-12,16H2,1-2H3. The van der Waals surface area contributed by atoms with Gasteiger partial charge in [0.05, 0.1) is 6.04 Å². The molecule has 1 aromatic heterocycles. The third-order valence-corrected chi connectivity index (χ3v) is 3.37. The van der Waals surface area contributed by atoms with E-state index in [4.69, 9.17) is 10.2 Å². The highest BCUT2D eigenvalue weighted by atomic mass is 16.4. The lowest BCUT2D eigenvalue weighted by atomic mass is 10.1. The first-order valence-corrected chi connectivity index (χ1v) is 7.82. The molecule has 0 bridgehead atoms.